The molecule has 0 spiro atoms. The molecule has 0 unspecified atom stereocenters. The summed E-state index contributed by atoms with van der Waals surface area (Å²) in [7, 11) is 0. The summed E-state index contributed by atoms with van der Waals surface area (Å²) in [4.78, 5) is 20.0. The average molecular weight is 388 g/mol. The second kappa shape index (κ2) is 8.75. The lowest BCUT2D eigenvalue weighted by molar-refractivity contribution is -0.115. The fourth-order valence-electron chi connectivity index (χ4n) is 4.32. The van der Waals surface area contributed by atoms with Gasteiger partial charge in [-0.3, -0.25) is 14.7 Å². The van der Waals surface area contributed by atoms with E-state index in [0.717, 1.165) is 40.0 Å². The first-order valence-electron chi connectivity index (χ1n) is 10.6. The van der Waals surface area contributed by atoms with E-state index in [1.807, 2.05) is 37.3 Å². The van der Waals surface area contributed by atoms with Crippen LogP contribution in [0.3, 0.4) is 0 Å². The zero-order valence-electron chi connectivity index (χ0n) is 17.4. The molecule has 1 fully saturated rings. The Morgan fingerprint density at radius 1 is 1.03 bits per heavy atom. The number of hydrogen-bond acceptors (Lipinski definition) is 3. The molecular weight excluding hydrogens is 358 g/mol. The maximum absolute atomic E-state index is 12.8. The van der Waals surface area contributed by atoms with Gasteiger partial charge in [-0.1, -0.05) is 36.8 Å². The fourth-order valence-corrected chi connectivity index (χ4v) is 4.32. The van der Waals surface area contributed by atoms with E-state index in [1.54, 1.807) is 0 Å². The molecule has 1 aliphatic heterocycles. The van der Waals surface area contributed by atoms with Gasteiger partial charge >= 0.3 is 0 Å². The van der Waals surface area contributed by atoms with Gasteiger partial charge in [-0.15, -0.1) is 0 Å². The van der Waals surface area contributed by atoms with Gasteiger partial charge in [0.1, 0.15) is 0 Å². The molecule has 150 valence electrons. The number of benzene rings is 2. The molecule has 2 aromatic carbocycles. The summed E-state index contributed by atoms with van der Waals surface area (Å²) in [5.74, 6) is 0.00315. The van der Waals surface area contributed by atoms with Gasteiger partial charge in [0, 0.05) is 23.3 Å². The van der Waals surface area contributed by atoms with Crippen LogP contribution in [-0.4, -0.2) is 28.9 Å². The topological polar surface area (TPSA) is 45.2 Å². The van der Waals surface area contributed by atoms with Crippen molar-refractivity contribution in [1.82, 2.24) is 9.88 Å². The Hall–Kier alpha value is -2.72. The number of rotatable bonds is 5. The summed E-state index contributed by atoms with van der Waals surface area (Å²) in [6, 6.07) is 16.4. The second-order valence-electron chi connectivity index (χ2n) is 8.08. The molecule has 1 saturated heterocycles. The summed E-state index contributed by atoms with van der Waals surface area (Å²) in [5.41, 5.74) is 6.19. The quantitative estimate of drug-likeness (QED) is 0.669. The highest BCUT2D eigenvalue weighted by Gasteiger charge is 2.14. The third-order valence-electron chi connectivity index (χ3n) is 5.89. The molecule has 4 rings (SSSR count). The number of carbonyl (C=O) groups is 1. The van der Waals surface area contributed by atoms with E-state index >= 15 is 0 Å². The van der Waals surface area contributed by atoms with Crippen LogP contribution >= 0.6 is 0 Å². The first-order chi connectivity index (χ1) is 14.1. The van der Waals surface area contributed by atoms with Gasteiger partial charge in [-0.2, -0.15) is 0 Å². The number of carbonyl (C=O) groups excluding carboxylic acids is 1. The molecule has 1 N–H and O–H groups in total. The maximum Gasteiger partial charge on any atom is 0.228 e. The molecule has 2 heterocycles. The molecular formula is C25H29N3O. The molecule has 0 radical (unpaired) electrons. The molecule has 4 nitrogen and oxygen atoms in total. The van der Waals surface area contributed by atoms with Crippen molar-refractivity contribution in [3.63, 3.8) is 0 Å². The van der Waals surface area contributed by atoms with Crippen molar-refractivity contribution in [3.8, 4) is 0 Å². The smallest absolute Gasteiger partial charge is 0.228 e. The maximum atomic E-state index is 12.8. The monoisotopic (exact) mass is 387 g/mol. The van der Waals surface area contributed by atoms with Crippen LogP contribution in [-0.2, 0) is 17.8 Å². The first kappa shape index (κ1) is 19.6. The third kappa shape index (κ3) is 4.65. The molecule has 0 bridgehead atoms. The Morgan fingerprint density at radius 3 is 2.66 bits per heavy atom. The summed E-state index contributed by atoms with van der Waals surface area (Å²) >= 11 is 0. The third-order valence-corrected chi connectivity index (χ3v) is 5.89. The summed E-state index contributed by atoms with van der Waals surface area (Å²) < 4.78 is 0. The highest BCUT2D eigenvalue weighted by atomic mass is 16.1. The van der Waals surface area contributed by atoms with Crippen molar-refractivity contribution < 1.29 is 4.79 Å². The van der Waals surface area contributed by atoms with Crippen LogP contribution in [0.1, 0.15) is 41.6 Å². The van der Waals surface area contributed by atoms with E-state index in [1.165, 1.54) is 37.9 Å². The van der Waals surface area contributed by atoms with E-state index in [4.69, 9.17) is 4.98 Å². The Morgan fingerprint density at radius 2 is 1.83 bits per heavy atom. The number of nitrogens with zero attached hydrogens (tertiary/aromatic N) is 2. The summed E-state index contributed by atoms with van der Waals surface area (Å²) in [5, 5.41) is 4.20. The number of anilines is 1. The summed E-state index contributed by atoms with van der Waals surface area (Å²) in [6.45, 7) is 7.37. The van der Waals surface area contributed by atoms with E-state index in [-0.39, 0.29) is 5.91 Å². The standard InChI is InChI=1S/C25H29N3O/c1-18-22-11-4-5-12-24(22)26-19(2)23(18)16-25(29)27-21-10-8-9-20(15-21)17-28-13-6-3-7-14-28/h4-5,8-12,15H,3,6-7,13-14,16-17H2,1-2H3,(H,27,29). The highest BCUT2D eigenvalue weighted by molar-refractivity contribution is 5.94. The van der Waals surface area contributed by atoms with Crippen LogP contribution in [0, 0.1) is 13.8 Å². The number of para-hydroxylation sites is 1. The minimum Gasteiger partial charge on any atom is -0.326 e. The lowest BCUT2D eigenvalue weighted by Crippen LogP contribution is -2.29. The van der Waals surface area contributed by atoms with Crippen LogP contribution in [0.25, 0.3) is 10.9 Å². The van der Waals surface area contributed by atoms with Crippen molar-refractivity contribution in [2.45, 2.75) is 46.1 Å². The number of fused-ring (bicyclic) bond motifs is 1. The van der Waals surface area contributed by atoms with Gasteiger partial charge in [0.05, 0.1) is 11.9 Å². The normalized spacial score (nSPS) is 14.8. The van der Waals surface area contributed by atoms with E-state index in [0.29, 0.717) is 6.42 Å². The minimum atomic E-state index is 0.00315. The zero-order chi connectivity index (χ0) is 20.2. The SMILES string of the molecule is Cc1nc2ccccc2c(C)c1CC(=O)Nc1cccc(CN2CCCCC2)c1. The molecule has 0 aliphatic carbocycles. The van der Waals surface area contributed by atoms with Crippen molar-refractivity contribution in [2.24, 2.45) is 0 Å². The van der Waals surface area contributed by atoms with Gasteiger partial charge < -0.3 is 5.32 Å². The predicted octanol–water partition coefficient (Wildman–Crippen LogP) is 5.02. The lowest BCUT2D eigenvalue weighted by atomic mass is 9.99. The average Bonchev–Trinajstić information content (AvgIpc) is 2.72. The van der Waals surface area contributed by atoms with Crippen molar-refractivity contribution in [1.29, 1.82) is 0 Å². The number of pyridine rings is 1. The molecule has 0 saturated carbocycles. The van der Waals surface area contributed by atoms with Gasteiger partial charge in [-0.05, 0) is 74.7 Å². The number of nitrogens with one attached hydrogen (secondary N) is 1. The Bertz CT molecular complexity index is 1020. The van der Waals surface area contributed by atoms with E-state index in [9.17, 15) is 4.79 Å². The van der Waals surface area contributed by atoms with Crippen LogP contribution < -0.4 is 5.32 Å². The van der Waals surface area contributed by atoms with E-state index < -0.39 is 0 Å². The molecule has 1 aliphatic rings. The van der Waals surface area contributed by atoms with E-state index in [2.05, 4.69) is 35.3 Å². The van der Waals surface area contributed by atoms with Gasteiger partial charge in [-0.25, -0.2) is 0 Å². The Labute approximate surface area is 173 Å². The zero-order valence-corrected chi connectivity index (χ0v) is 17.4. The van der Waals surface area contributed by atoms with Gasteiger partial charge in [0.15, 0.2) is 0 Å². The van der Waals surface area contributed by atoms with Gasteiger partial charge in [0.2, 0.25) is 5.91 Å². The summed E-state index contributed by atoms with van der Waals surface area (Å²) in [6.07, 6.45) is 4.25. The van der Waals surface area contributed by atoms with Crippen LogP contribution in [0.5, 0.6) is 0 Å². The molecule has 0 atom stereocenters. The molecule has 3 aromatic rings. The molecule has 4 heteroatoms. The van der Waals surface area contributed by atoms with Crippen LogP contribution in [0.15, 0.2) is 48.5 Å². The predicted molar refractivity (Wildman–Crippen MR) is 119 cm³/mol. The Kier molecular flexibility index (Phi) is 5.91. The van der Waals surface area contributed by atoms with Crippen LogP contribution in [0.4, 0.5) is 5.69 Å². The number of likely N-dealkylation sites (tertiary alicyclic amines) is 1. The molecule has 1 aromatic heterocycles. The number of aromatic nitrogens is 1. The van der Waals surface area contributed by atoms with Crippen LogP contribution in [0.2, 0.25) is 0 Å². The number of piperidine rings is 1. The van der Waals surface area contributed by atoms with Crippen molar-refractivity contribution in [2.75, 3.05) is 18.4 Å². The first-order valence-corrected chi connectivity index (χ1v) is 10.6. The fraction of sp³-hybridized carbons (Fsp3) is 0.360. The molecule has 1 amide bonds. The minimum absolute atomic E-state index is 0.00315. The largest absolute Gasteiger partial charge is 0.326 e. The number of amides is 1. The highest BCUT2D eigenvalue weighted by Crippen LogP contribution is 2.23. The Balaban J connectivity index is 1.46. The number of aryl methyl sites for hydroxylation is 2. The molecule has 29 heavy (non-hydrogen) atoms. The van der Waals surface area contributed by atoms with Gasteiger partial charge in [0.25, 0.3) is 0 Å². The van der Waals surface area contributed by atoms with Crippen molar-refractivity contribution in [3.05, 3.63) is 70.9 Å². The lowest BCUT2D eigenvalue weighted by Gasteiger charge is -2.26. The number of hydrogen-bond donors (Lipinski definition) is 1. The van der Waals surface area contributed by atoms with Crippen molar-refractivity contribution >= 4 is 22.5 Å². The second-order valence-corrected chi connectivity index (χ2v) is 8.08.